The van der Waals surface area contributed by atoms with Crippen LogP contribution < -0.4 is 9.47 Å². The van der Waals surface area contributed by atoms with Crippen molar-refractivity contribution in [1.29, 1.82) is 0 Å². The maximum Gasteiger partial charge on any atom is 0.288 e. The number of methoxy groups -OCH3 is 1. The molecule has 5 nitrogen and oxygen atoms in total. The Balaban J connectivity index is 1.88. The molecule has 0 bridgehead atoms. The second kappa shape index (κ2) is 5.77. The summed E-state index contributed by atoms with van der Waals surface area (Å²) in [4.78, 5) is 23.9. The first-order valence-corrected chi connectivity index (χ1v) is 6.44. The van der Waals surface area contributed by atoms with Crippen molar-refractivity contribution in [1.82, 2.24) is 4.90 Å². The number of ether oxygens (including phenoxy) is 2. The molecule has 0 N–H and O–H groups in total. The van der Waals surface area contributed by atoms with Crippen LogP contribution in [0.1, 0.15) is 0 Å². The Labute approximate surface area is 109 Å². The van der Waals surface area contributed by atoms with Gasteiger partial charge in [0.15, 0.2) is 11.5 Å². The van der Waals surface area contributed by atoms with Crippen molar-refractivity contribution < 1.29 is 19.1 Å². The zero-order chi connectivity index (χ0) is 13.0. The van der Waals surface area contributed by atoms with Gasteiger partial charge < -0.3 is 9.47 Å². The topological polar surface area (TPSA) is 55.8 Å². The van der Waals surface area contributed by atoms with Gasteiger partial charge in [-0.1, -0.05) is 23.9 Å². The normalized spacial score (nSPS) is 15.1. The molecule has 1 saturated heterocycles. The number of imide groups is 1. The van der Waals surface area contributed by atoms with Crippen LogP contribution in [0, 0.1) is 0 Å². The molecule has 0 aliphatic carbocycles. The summed E-state index contributed by atoms with van der Waals surface area (Å²) < 4.78 is 10.6. The molecule has 0 spiro atoms. The number of para-hydroxylation sites is 2. The molecule has 1 aliphatic rings. The molecule has 1 heterocycles. The van der Waals surface area contributed by atoms with Gasteiger partial charge in [-0.05, 0) is 12.1 Å². The molecule has 1 aromatic carbocycles. The van der Waals surface area contributed by atoms with Crippen molar-refractivity contribution in [2.45, 2.75) is 0 Å². The number of rotatable bonds is 5. The van der Waals surface area contributed by atoms with E-state index in [9.17, 15) is 9.59 Å². The lowest BCUT2D eigenvalue weighted by molar-refractivity contribution is -0.124. The van der Waals surface area contributed by atoms with Crippen LogP contribution in [-0.4, -0.2) is 42.1 Å². The fraction of sp³-hybridized carbons (Fsp3) is 0.333. The SMILES string of the molecule is COc1ccccc1OCCN1C(=O)CSC1=O. The van der Waals surface area contributed by atoms with Crippen molar-refractivity contribution in [3.8, 4) is 11.5 Å². The zero-order valence-electron chi connectivity index (χ0n) is 9.92. The third-order valence-electron chi connectivity index (χ3n) is 2.48. The van der Waals surface area contributed by atoms with E-state index in [1.807, 2.05) is 12.1 Å². The molecule has 6 heteroatoms. The summed E-state index contributed by atoms with van der Waals surface area (Å²) in [6.45, 7) is 0.529. The Bertz CT molecular complexity index is 447. The monoisotopic (exact) mass is 267 g/mol. The molecular weight excluding hydrogens is 254 g/mol. The third kappa shape index (κ3) is 2.76. The second-order valence-electron chi connectivity index (χ2n) is 3.60. The van der Waals surface area contributed by atoms with E-state index >= 15 is 0 Å². The van der Waals surface area contributed by atoms with Crippen LogP contribution in [0.4, 0.5) is 4.79 Å². The van der Waals surface area contributed by atoms with Crippen LogP contribution in [0.3, 0.4) is 0 Å². The lowest BCUT2D eigenvalue weighted by Gasteiger charge is -2.14. The minimum Gasteiger partial charge on any atom is -0.493 e. The molecule has 18 heavy (non-hydrogen) atoms. The molecule has 2 rings (SSSR count). The van der Waals surface area contributed by atoms with Crippen molar-refractivity contribution in [3.05, 3.63) is 24.3 Å². The molecule has 1 aliphatic heterocycles. The molecule has 2 amide bonds. The van der Waals surface area contributed by atoms with Crippen LogP contribution in [0.15, 0.2) is 24.3 Å². The van der Waals surface area contributed by atoms with Gasteiger partial charge in [0.1, 0.15) is 6.61 Å². The van der Waals surface area contributed by atoms with E-state index < -0.39 is 0 Å². The smallest absolute Gasteiger partial charge is 0.288 e. The highest BCUT2D eigenvalue weighted by Gasteiger charge is 2.29. The van der Waals surface area contributed by atoms with E-state index in [1.165, 1.54) is 4.90 Å². The maximum atomic E-state index is 11.4. The summed E-state index contributed by atoms with van der Waals surface area (Å²) in [5, 5.41) is -0.205. The van der Waals surface area contributed by atoms with Gasteiger partial charge in [0.2, 0.25) is 5.91 Å². The van der Waals surface area contributed by atoms with Gasteiger partial charge in [-0.25, -0.2) is 0 Å². The first-order valence-electron chi connectivity index (χ1n) is 5.45. The van der Waals surface area contributed by atoms with Gasteiger partial charge in [-0.15, -0.1) is 0 Å². The average molecular weight is 267 g/mol. The lowest BCUT2D eigenvalue weighted by Crippen LogP contribution is -2.32. The predicted molar refractivity (Wildman–Crippen MR) is 68.1 cm³/mol. The van der Waals surface area contributed by atoms with Crippen LogP contribution in [0.2, 0.25) is 0 Å². The molecule has 0 atom stereocenters. The van der Waals surface area contributed by atoms with Crippen molar-refractivity contribution in [2.75, 3.05) is 26.0 Å². The summed E-state index contributed by atoms with van der Waals surface area (Å²) in [6.07, 6.45) is 0. The van der Waals surface area contributed by atoms with Crippen LogP contribution in [0.5, 0.6) is 11.5 Å². The van der Waals surface area contributed by atoms with E-state index in [0.29, 0.717) is 11.5 Å². The number of benzene rings is 1. The van der Waals surface area contributed by atoms with E-state index in [-0.39, 0.29) is 30.1 Å². The summed E-state index contributed by atoms with van der Waals surface area (Å²) >= 11 is 1.02. The molecule has 0 aromatic heterocycles. The van der Waals surface area contributed by atoms with Gasteiger partial charge >= 0.3 is 0 Å². The second-order valence-corrected chi connectivity index (χ2v) is 4.53. The first-order chi connectivity index (χ1) is 8.72. The van der Waals surface area contributed by atoms with Gasteiger partial charge in [-0.3, -0.25) is 14.5 Å². The Kier molecular flexibility index (Phi) is 4.09. The molecule has 1 fully saturated rings. The van der Waals surface area contributed by atoms with Crippen LogP contribution in [0.25, 0.3) is 0 Å². The fourth-order valence-corrected chi connectivity index (χ4v) is 2.33. The van der Waals surface area contributed by atoms with E-state index in [1.54, 1.807) is 19.2 Å². The Morgan fingerprint density at radius 1 is 1.28 bits per heavy atom. The summed E-state index contributed by atoms with van der Waals surface area (Å²) in [6, 6.07) is 7.24. The van der Waals surface area contributed by atoms with Crippen molar-refractivity contribution in [2.24, 2.45) is 0 Å². The van der Waals surface area contributed by atoms with Gasteiger partial charge in [-0.2, -0.15) is 0 Å². The number of hydrogen-bond acceptors (Lipinski definition) is 5. The number of carbonyl (C=O) groups excluding carboxylic acids is 2. The average Bonchev–Trinajstić information content (AvgIpc) is 2.71. The Morgan fingerprint density at radius 2 is 2.00 bits per heavy atom. The van der Waals surface area contributed by atoms with Gasteiger partial charge in [0, 0.05) is 0 Å². The predicted octanol–water partition coefficient (Wildman–Crippen LogP) is 1.77. The molecule has 96 valence electrons. The minimum atomic E-state index is -0.205. The van der Waals surface area contributed by atoms with Crippen LogP contribution >= 0.6 is 11.8 Å². The summed E-state index contributed by atoms with van der Waals surface area (Å²) in [5.74, 6) is 1.30. The van der Waals surface area contributed by atoms with Crippen molar-refractivity contribution >= 4 is 22.9 Å². The number of nitrogens with zero attached hydrogens (tertiary/aromatic N) is 1. The Morgan fingerprint density at radius 3 is 2.61 bits per heavy atom. The fourth-order valence-electron chi connectivity index (χ4n) is 1.58. The first kappa shape index (κ1) is 12.8. The Hall–Kier alpha value is -1.69. The summed E-state index contributed by atoms with van der Waals surface area (Å²) in [5.41, 5.74) is 0. The highest BCUT2D eigenvalue weighted by molar-refractivity contribution is 8.14. The quantitative estimate of drug-likeness (QED) is 0.813. The van der Waals surface area contributed by atoms with Crippen LogP contribution in [-0.2, 0) is 4.79 Å². The highest BCUT2D eigenvalue weighted by atomic mass is 32.2. The lowest BCUT2D eigenvalue weighted by atomic mass is 10.3. The number of amides is 2. The third-order valence-corrected chi connectivity index (χ3v) is 3.34. The molecule has 1 aromatic rings. The van der Waals surface area contributed by atoms with Gasteiger partial charge in [0.25, 0.3) is 5.24 Å². The van der Waals surface area contributed by atoms with E-state index in [0.717, 1.165) is 11.8 Å². The highest BCUT2D eigenvalue weighted by Crippen LogP contribution is 2.26. The standard InChI is InChI=1S/C12H13NO4S/c1-16-9-4-2-3-5-10(9)17-7-6-13-11(14)8-18-12(13)15/h2-5H,6-8H2,1H3. The molecular formula is C12H13NO4S. The number of hydrogen-bond donors (Lipinski definition) is 0. The molecule has 0 unspecified atom stereocenters. The molecule has 0 radical (unpaired) electrons. The summed E-state index contributed by atoms with van der Waals surface area (Å²) in [7, 11) is 1.56. The minimum absolute atomic E-state index is 0.159. The zero-order valence-corrected chi connectivity index (χ0v) is 10.7. The van der Waals surface area contributed by atoms with Gasteiger partial charge in [0.05, 0.1) is 19.4 Å². The molecule has 0 saturated carbocycles. The van der Waals surface area contributed by atoms with Crippen molar-refractivity contribution in [3.63, 3.8) is 0 Å². The number of thioether (sulfide) groups is 1. The van der Waals surface area contributed by atoms with E-state index in [4.69, 9.17) is 9.47 Å². The number of carbonyl (C=O) groups is 2. The van der Waals surface area contributed by atoms with E-state index in [2.05, 4.69) is 0 Å². The largest absolute Gasteiger partial charge is 0.493 e. The maximum absolute atomic E-state index is 11.4.